The second kappa shape index (κ2) is 7.36. The van der Waals surface area contributed by atoms with Crippen molar-refractivity contribution in [3.05, 3.63) is 89.4 Å². The molecule has 1 aromatic heterocycles. The number of carbonyl (C=O) groups is 2. The molecule has 0 radical (unpaired) electrons. The number of benzene rings is 2. The summed E-state index contributed by atoms with van der Waals surface area (Å²) in [6.07, 6.45) is 4.67. The number of esters is 1. The Labute approximate surface area is 161 Å². The fourth-order valence-electron chi connectivity index (χ4n) is 2.77. The second-order valence-corrected chi connectivity index (χ2v) is 6.00. The second-order valence-electron chi connectivity index (χ2n) is 6.00. The van der Waals surface area contributed by atoms with E-state index in [4.69, 9.17) is 14.2 Å². The van der Waals surface area contributed by atoms with Crippen molar-refractivity contribution in [2.75, 3.05) is 7.11 Å². The fourth-order valence-corrected chi connectivity index (χ4v) is 2.77. The number of carbonyl (C=O) groups excluding carboxylic acids is 2. The van der Waals surface area contributed by atoms with Crippen LogP contribution in [0.25, 0.3) is 6.08 Å². The van der Waals surface area contributed by atoms with Gasteiger partial charge < -0.3 is 14.2 Å². The maximum Gasteiger partial charge on any atom is 0.343 e. The predicted octanol–water partition coefficient (Wildman–Crippen LogP) is 3.93. The van der Waals surface area contributed by atoms with Crippen LogP contribution < -0.4 is 14.2 Å². The van der Waals surface area contributed by atoms with Gasteiger partial charge in [-0.15, -0.1) is 0 Å². The number of methoxy groups -OCH3 is 1. The zero-order valence-corrected chi connectivity index (χ0v) is 14.9. The summed E-state index contributed by atoms with van der Waals surface area (Å²) in [5, 5.41) is 0. The summed E-state index contributed by atoms with van der Waals surface area (Å²) in [6, 6.07) is 15.1. The first-order chi connectivity index (χ1) is 13.6. The molecule has 0 amide bonds. The third-order valence-corrected chi connectivity index (χ3v) is 4.16. The molecule has 1 aliphatic heterocycles. The topological polar surface area (TPSA) is 74.7 Å². The summed E-state index contributed by atoms with van der Waals surface area (Å²) in [4.78, 5) is 28.6. The smallest absolute Gasteiger partial charge is 0.343 e. The summed E-state index contributed by atoms with van der Waals surface area (Å²) in [6.45, 7) is 0. The highest BCUT2D eigenvalue weighted by atomic mass is 16.5. The van der Waals surface area contributed by atoms with Crippen molar-refractivity contribution in [1.29, 1.82) is 0 Å². The van der Waals surface area contributed by atoms with Gasteiger partial charge in [-0.1, -0.05) is 12.1 Å². The lowest BCUT2D eigenvalue weighted by molar-refractivity contribution is 0.0734. The average molecular weight is 373 g/mol. The quantitative estimate of drug-likeness (QED) is 0.392. The molecule has 0 spiro atoms. The number of ether oxygens (including phenoxy) is 3. The largest absolute Gasteiger partial charge is 0.497 e. The highest BCUT2D eigenvalue weighted by molar-refractivity contribution is 6.14. The minimum Gasteiger partial charge on any atom is -0.497 e. The van der Waals surface area contributed by atoms with Crippen LogP contribution in [-0.2, 0) is 0 Å². The number of nitrogens with zero attached hydrogens (tertiary/aromatic N) is 1. The van der Waals surface area contributed by atoms with E-state index in [9.17, 15) is 9.59 Å². The van der Waals surface area contributed by atoms with Crippen LogP contribution in [0.5, 0.6) is 17.2 Å². The van der Waals surface area contributed by atoms with Gasteiger partial charge in [-0.2, -0.15) is 0 Å². The van der Waals surface area contributed by atoms with E-state index < -0.39 is 5.97 Å². The van der Waals surface area contributed by atoms with Crippen LogP contribution in [0.4, 0.5) is 0 Å². The number of hydrogen-bond acceptors (Lipinski definition) is 6. The molecule has 0 unspecified atom stereocenters. The van der Waals surface area contributed by atoms with Crippen molar-refractivity contribution in [3.8, 4) is 17.2 Å². The molecule has 6 nitrogen and oxygen atoms in total. The van der Waals surface area contributed by atoms with Gasteiger partial charge in [-0.05, 0) is 48.0 Å². The maximum atomic E-state index is 12.6. The van der Waals surface area contributed by atoms with Crippen molar-refractivity contribution in [1.82, 2.24) is 4.98 Å². The molecule has 0 aliphatic carbocycles. The first-order valence-corrected chi connectivity index (χ1v) is 8.48. The molecule has 0 saturated heterocycles. The molecule has 0 saturated carbocycles. The van der Waals surface area contributed by atoms with E-state index >= 15 is 0 Å². The summed E-state index contributed by atoms with van der Waals surface area (Å²) in [5.74, 6) is 0.766. The Bertz CT molecular complexity index is 1090. The lowest BCUT2D eigenvalue weighted by Gasteiger charge is -2.05. The molecule has 0 fully saturated rings. The van der Waals surface area contributed by atoms with E-state index in [2.05, 4.69) is 4.98 Å². The minimum atomic E-state index is -0.515. The molecule has 28 heavy (non-hydrogen) atoms. The van der Waals surface area contributed by atoms with Crippen molar-refractivity contribution in [2.45, 2.75) is 0 Å². The van der Waals surface area contributed by atoms with Gasteiger partial charge in [-0.3, -0.25) is 9.78 Å². The number of rotatable bonds is 4. The molecule has 138 valence electrons. The van der Waals surface area contributed by atoms with E-state index in [1.165, 1.54) is 18.5 Å². The highest BCUT2D eigenvalue weighted by Gasteiger charge is 2.28. The van der Waals surface area contributed by atoms with Gasteiger partial charge in [0.15, 0.2) is 5.76 Å². The SMILES string of the molecule is COc1cccc(/C=C2\Oc3cc(OC(=O)c4ccncc4)ccc3C2=O)c1. The van der Waals surface area contributed by atoms with E-state index in [1.807, 2.05) is 18.2 Å². The lowest BCUT2D eigenvalue weighted by atomic mass is 10.1. The van der Waals surface area contributed by atoms with E-state index in [0.29, 0.717) is 22.6 Å². The standard InChI is InChI=1S/C22H15NO5/c1-26-16-4-2-3-14(11-16)12-20-21(24)18-6-5-17(13-19(18)28-20)27-22(25)15-7-9-23-10-8-15/h2-13H,1H3/b20-12-. The Hall–Kier alpha value is -3.93. The van der Waals surface area contributed by atoms with Gasteiger partial charge in [-0.25, -0.2) is 4.79 Å². The number of aromatic nitrogens is 1. The molecule has 2 aromatic carbocycles. The lowest BCUT2D eigenvalue weighted by Crippen LogP contribution is -2.08. The Morgan fingerprint density at radius 3 is 2.64 bits per heavy atom. The van der Waals surface area contributed by atoms with Crippen LogP contribution >= 0.6 is 0 Å². The number of pyridine rings is 1. The number of fused-ring (bicyclic) bond motifs is 1. The monoisotopic (exact) mass is 373 g/mol. The third kappa shape index (κ3) is 3.48. The molecule has 3 aromatic rings. The molecule has 1 aliphatic rings. The minimum absolute atomic E-state index is 0.195. The predicted molar refractivity (Wildman–Crippen MR) is 102 cm³/mol. The maximum absolute atomic E-state index is 12.6. The third-order valence-electron chi connectivity index (χ3n) is 4.16. The summed E-state index contributed by atoms with van der Waals surface area (Å²) >= 11 is 0. The van der Waals surface area contributed by atoms with Crippen molar-refractivity contribution in [2.24, 2.45) is 0 Å². The first kappa shape index (κ1) is 17.5. The van der Waals surface area contributed by atoms with Crippen LogP contribution in [0.3, 0.4) is 0 Å². The average Bonchev–Trinajstić information content (AvgIpc) is 3.03. The van der Waals surface area contributed by atoms with Crippen molar-refractivity contribution >= 4 is 17.8 Å². The number of Topliss-reactive ketones (excluding diaryl/α,β-unsaturated/α-hetero) is 1. The molecule has 0 atom stereocenters. The molecule has 2 heterocycles. The fraction of sp³-hybridized carbons (Fsp3) is 0.0455. The number of allylic oxidation sites excluding steroid dienone is 1. The zero-order valence-electron chi connectivity index (χ0n) is 14.9. The van der Waals surface area contributed by atoms with Crippen LogP contribution in [0.15, 0.2) is 72.8 Å². The van der Waals surface area contributed by atoms with Gasteiger partial charge in [0.2, 0.25) is 5.78 Å². The van der Waals surface area contributed by atoms with Crippen molar-refractivity contribution < 1.29 is 23.8 Å². The van der Waals surface area contributed by atoms with Crippen molar-refractivity contribution in [3.63, 3.8) is 0 Å². The molecular weight excluding hydrogens is 358 g/mol. The highest BCUT2D eigenvalue weighted by Crippen LogP contribution is 2.35. The molecular formula is C22H15NO5. The molecule has 6 heteroatoms. The van der Waals surface area contributed by atoms with Gasteiger partial charge in [0.25, 0.3) is 0 Å². The Balaban J connectivity index is 1.56. The Morgan fingerprint density at radius 1 is 1.04 bits per heavy atom. The van der Waals surface area contributed by atoms with Crippen LogP contribution in [0.2, 0.25) is 0 Å². The summed E-state index contributed by atoms with van der Waals surface area (Å²) < 4.78 is 16.2. The number of ketones is 1. The molecule has 4 rings (SSSR count). The van der Waals surface area contributed by atoms with E-state index in [-0.39, 0.29) is 17.3 Å². The van der Waals surface area contributed by atoms with Gasteiger partial charge in [0.05, 0.1) is 18.2 Å². The van der Waals surface area contributed by atoms with E-state index in [0.717, 1.165) is 5.56 Å². The zero-order chi connectivity index (χ0) is 19.5. The van der Waals surface area contributed by atoms with Gasteiger partial charge >= 0.3 is 5.97 Å². The first-order valence-electron chi connectivity index (χ1n) is 8.48. The van der Waals surface area contributed by atoms with Crippen LogP contribution in [0.1, 0.15) is 26.3 Å². The summed E-state index contributed by atoms with van der Waals surface area (Å²) in [5.41, 5.74) is 1.57. The molecule has 0 N–H and O–H groups in total. The van der Waals surface area contributed by atoms with Crippen LogP contribution in [0, 0.1) is 0 Å². The van der Waals surface area contributed by atoms with E-state index in [1.54, 1.807) is 43.5 Å². The normalized spacial score (nSPS) is 13.8. The molecule has 0 bridgehead atoms. The van der Waals surface area contributed by atoms with Crippen LogP contribution in [-0.4, -0.2) is 23.8 Å². The van der Waals surface area contributed by atoms with Gasteiger partial charge in [0.1, 0.15) is 17.2 Å². The number of hydrogen-bond donors (Lipinski definition) is 0. The Morgan fingerprint density at radius 2 is 1.86 bits per heavy atom. The van der Waals surface area contributed by atoms with Gasteiger partial charge in [0, 0.05) is 18.5 Å². The summed E-state index contributed by atoms with van der Waals surface area (Å²) in [7, 11) is 1.58. The Kier molecular flexibility index (Phi) is 4.60.